The van der Waals surface area contributed by atoms with E-state index in [0.29, 0.717) is 12.6 Å². The molecule has 0 aromatic heterocycles. The molecule has 6 heteroatoms. The van der Waals surface area contributed by atoms with Gasteiger partial charge in [-0.15, -0.1) is 24.0 Å². The predicted molar refractivity (Wildman–Crippen MR) is 106 cm³/mol. The number of amides is 1. The van der Waals surface area contributed by atoms with Gasteiger partial charge in [-0.25, -0.2) is 0 Å². The molecule has 2 fully saturated rings. The van der Waals surface area contributed by atoms with Gasteiger partial charge in [-0.2, -0.15) is 0 Å². The number of carbonyl (C=O) groups is 1. The zero-order valence-electron chi connectivity index (χ0n) is 14.8. The second-order valence-electron chi connectivity index (χ2n) is 7.01. The van der Waals surface area contributed by atoms with Crippen LogP contribution in [0.15, 0.2) is 4.99 Å². The van der Waals surface area contributed by atoms with Crippen LogP contribution in [-0.4, -0.2) is 49.5 Å². The van der Waals surface area contributed by atoms with Gasteiger partial charge in [0.2, 0.25) is 5.91 Å². The van der Waals surface area contributed by atoms with Crippen molar-refractivity contribution in [3.05, 3.63) is 0 Å². The monoisotopic (exact) mass is 436 g/mol. The van der Waals surface area contributed by atoms with Crippen LogP contribution in [-0.2, 0) is 4.79 Å². The van der Waals surface area contributed by atoms with Crippen molar-refractivity contribution < 1.29 is 4.79 Å². The van der Waals surface area contributed by atoms with Crippen LogP contribution < -0.4 is 10.6 Å². The molecule has 23 heavy (non-hydrogen) atoms. The lowest BCUT2D eigenvalue weighted by Gasteiger charge is -2.32. The third-order valence-corrected chi connectivity index (χ3v) is 5.14. The summed E-state index contributed by atoms with van der Waals surface area (Å²) in [6.07, 6.45) is 7.25. The normalized spacial score (nSPS) is 25.2. The van der Waals surface area contributed by atoms with Gasteiger partial charge in [0.1, 0.15) is 0 Å². The van der Waals surface area contributed by atoms with E-state index in [2.05, 4.69) is 29.5 Å². The van der Waals surface area contributed by atoms with E-state index in [-0.39, 0.29) is 29.9 Å². The van der Waals surface area contributed by atoms with Crippen molar-refractivity contribution in [3.63, 3.8) is 0 Å². The fourth-order valence-electron chi connectivity index (χ4n) is 3.56. The van der Waals surface area contributed by atoms with Crippen molar-refractivity contribution in [1.82, 2.24) is 15.5 Å². The van der Waals surface area contributed by atoms with Crippen molar-refractivity contribution in [2.75, 3.05) is 26.7 Å². The van der Waals surface area contributed by atoms with Gasteiger partial charge in [0.05, 0.1) is 6.54 Å². The first-order valence-electron chi connectivity index (χ1n) is 8.85. The molecule has 0 aromatic rings. The standard InChI is InChI=1S/C17H32N4O.HI/c1-13(2)14-6-8-15(9-7-14)20-17(18-3)19-12-16(22)21-10-4-5-11-21;/h13-15H,4-12H2,1-3H3,(H2,18,19,20);1H. The quantitative estimate of drug-likeness (QED) is 0.405. The summed E-state index contributed by atoms with van der Waals surface area (Å²) in [5, 5.41) is 6.65. The van der Waals surface area contributed by atoms with Crippen LogP contribution in [0.25, 0.3) is 0 Å². The fraction of sp³-hybridized carbons (Fsp3) is 0.882. The number of guanidine groups is 1. The van der Waals surface area contributed by atoms with Crippen molar-refractivity contribution in [2.45, 2.75) is 58.4 Å². The van der Waals surface area contributed by atoms with E-state index in [0.717, 1.165) is 43.7 Å². The number of likely N-dealkylation sites (tertiary alicyclic amines) is 1. The number of hydrogen-bond donors (Lipinski definition) is 2. The number of nitrogens with zero attached hydrogens (tertiary/aromatic N) is 2. The lowest BCUT2D eigenvalue weighted by Crippen LogP contribution is -2.48. The third kappa shape index (κ3) is 6.47. The molecule has 0 unspecified atom stereocenters. The number of rotatable bonds is 4. The van der Waals surface area contributed by atoms with E-state index >= 15 is 0 Å². The molecular weight excluding hydrogens is 403 g/mol. The third-order valence-electron chi connectivity index (χ3n) is 5.14. The SMILES string of the molecule is CN=C(NCC(=O)N1CCCC1)NC1CCC(C(C)C)CC1.I. The Bertz CT molecular complexity index is 386. The highest BCUT2D eigenvalue weighted by atomic mass is 127. The van der Waals surface area contributed by atoms with E-state index in [9.17, 15) is 4.79 Å². The van der Waals surface area contributed by atoms with E-state index in [4.69, 9.17) is 0 Å². The molecule has 1 amide bonds. The molecule has 2 rings (SSSR count). The van der Waals surface area contributed by atoms with Crippen LogP contribution in [0.2, 0.25) is 0 Å². The summed E-state index contributed by atoms with van der Waals surface area (Å²) in [7, 11) is 1.77. The molecule has 0 aromatic carbocycles. The predicted octanol–water partition coefficient (Wildman–Crippen LogP) is 2.61. The van der Waals surface area contributed by atoms with Crippen LogP contribution in [0, 0.1) is 11.8 Å². The summed E-state index contributed by atoms with van der Waals surface area (Å²) >= 11 is 0. The Morgan fingerprint density at radius 1 is 1.17 bits per heavy atom. The van der Waals surface area contributed by atoms with Crippen LogP contribution in [0.4, 0.5) is 0 Å². The number of hydrogen-bond acceptors (Lipinski definition) is 2. The van der Waals surface area contributed by atoms with E-state index in [1.54, 1.807) is 7.05 Å². The molecule has 2 aliphatic rings. The molecule has 0 bridgehead atoms. The first-order chi connectivity index (χ1) is 10.6. The summed E-state index contributed by atoms with van der Waals surface area (Å²) in [4.78, 5) is 18.3. The zero-order chi connectivity index (χ0) is 15.9. The topological polar surface area (TPSA) is 56.7 Å². The molecule has 1 aliphatic carbocycles. The van der Waals surface area contributed by atoms with Gasteiger partial charge in [0.15, 0.2) is 5.96 Å². The number of aliphatic imine (C=N–C) groups is 1. The van der Waals surface area contributed by atoms with E-state index in [1.165, 1.54) is 25.7 Å². The first-order valence-corrected chi connectivity index (χ1v) is 8.85. The first kappa shape index (κ1) is 20.5. The minimum atomic E-state index is 0. The largest absolute Gasteiger partial charge is 0.354 e. The lowest BCUT2D eigenvalue weighted by molar-refractivity contribution is -0.128. The Morgan fingerprint density at radius 2 is 1.78 bits per heavy atom. The Balaban J connectivity index is 0.00000264. The minimum Gasteiger partial charge on any atom is -0.354 e. The Labute approximate surface area is 158 Å². The second-order valence-corrected chi connectivity index (χ2v) is 7.01. The van der Waals surface area contributed by atoms with Gasteiger partial charge >= 0.3 is 0 Å². The molecule has 1 aliphatic heterocycles. The van der Waals surface area contributed by atoms with Crippen LogP contribution >= 0.6 is 24.0 Å². The molecule has 1 heterocycles. The van der Waals surface area contributed by atoms with Crippen LogP contribution in [0.3, 0.4) is 0 Å². The van der Waals surface area contributed by atoms with Gasteiger partial charge < -0.3 is 15.5 Å². The molecule has 1 saturated heterocycles. The van der Waals surface area contributed by atoms with Crippen molar-refractivity contribution in [1.29, 1.82) is 0 Å². The number of carbonyl (C=O) groups excluding carboxylic acids is 1. The summed E-state index contributed by atoms with van der Waals surface area (Å²) < 4.78 is 0. The minimum absolute atomic E-state index is 0. The average molecular weight is 436 g/mol. The molecule has 1 saturated carbocycles. The maximum atomic E-state index is 12.1. The van der Waals surface area contributed by atoms with E-state index < -0.39 is 0 Å². The van der Waals surface area contributed by atoms with Crippen LogP contribution in [0.1, 0.15) is 52.4 Å². The maximum Gasteiger partial charge on any atom is 0.241 e. The Hall–Kier alpha value is -0.530. The molecule has 5 nitrogen and oxygen atoms in total. The molecule has 134 valence electrons. The van der Waals surface area contributed by atoms with Gasteiger partial charge in [0.25, 0.3) is 0 Å². The summed E-state index contributed by atoms with van der Waals surface area (Å²) in [6, 6.07) is 0.489. The number of halogens is 1. The summed E-state index contributed by atoms with van der Waals surface area (Å²) in [5.74, 6) is 2.60. The van der Waals surface area contributed by atoms with Gasteiger partial charge in [-0.05, 0) is 50.4 Å². The van der Waals surface area contributed by atoms with Crippen molar-refractivity contribution in [3.8, 4) is 0 Å². The molecule has 2 N–H and O–H groups in total. The highest BCUT2D eigenvalue weighted by molar-refractivity contribution is 14.0. The Kier molecular flexibility index (Phi) is 9.24. The lowest BCUT2D eigenvalue weighted by atomic mass is 9.80. The molecular formula is C17H33IN4O. The van der Waals surface area contributed by atoms with E-state index in [1.807, 2.05) is 4.90 Å². The molecule has 0 radical (unpaired) electrons. The molecule has 0 spiro atoms. The highest BCUT2D eigenvalue weighted by Gasteiger charge is 2.24. The fourth-order valence-corrected chi connectivity index (χ4v) is 3.56. The Morgan fingerprint density at radius 3 is 2.30 bits per heavy atom. The van der Waals surface area contributed by atoms with Crippen molar-refractivity contribution in [2.24, 2.45) is 16.8 Å². The van der Waals surface area contributed by atoms with Gasteiger partial charge in [0, 0.05) is 26.2 Å². The second kappa shape index (κ2) is 10.4. The summed E-state index contributed by atoms with van der Waals surface area (Å²) in [5.41, 5.74) is 0. The van der Waals surface area contributed by atoms with Gasteiger partial charge in [-0.1, -0.05) is 13.8 Å². The zero-order valence-corrected chi connectivity index (χ0v) is 17.1. The highest BCUT2D eigenvalue weighted by Crippen LogP contribution is 2.29. The average Bonchev–Trinajstić information content (AvgIpc) is 3.06. The maximum absolute atomic E-state index is 12.1. The van der Waals surface area contributed by atoms with Crippen LogP contribution in [0.5, 0.6) is 0 Å². The van der Waals surface area contributed by atoms with Crippen molar-refractivity contribution >= 4 is 35.8 Å². The molecule has 0 atom stereocenters. The van der Waals surface area contributed by atoms with Gasteiger partial charge in [-0.3, -0.25) is 9.79 Å². The number of nitrogens with one attached hydrogen (secondary N) is 2. The smallest absolute Gasteiger partial charge is 0.241 e. The summed E-state index contributed by atoms with van der Waals surface area (Å²) in [6.45, 7) is 6.81.